The number of carboxylic acid groups (broad SMARTS) is 2. The normalized spacial score (nSPS) is 24.5. The van der Waals surface area contributed by atoms with Gasteiger partial charge in [0.25, 0.3) is 0 Å². The largest absolute Gasteiger partial charge is 0.481 e. The average Bonchev–Trinajstić information content (AvgIpc) is 2.88. The number of hydrogen-bond acceptors (Lipinski definition) is 5. The van der Waals surface area contributed by atoms with Crippen LogP contribution < -0.4 is 0 Å². The average molecular weight is 481 g/mol. The van der Waals surface area contributed by atoms with Crippen molar-refractivity contribution in [3.63, 3.8) is 0 Å². The summed E-state index contributed by atoms with van der Waals surface area (Å²) in [6.07, 6.45) is 2.50. The Hall–Kier alpha value is -3.39. The highest BCUT2D eigenvalue weighted by atomic mass is 16.6. The maximum absolute atomic E-state index is 13.2. The Morgan fingerprint density at radius 2 is 1.49 bits per heavy atom. The van der Waals surface area contributed by atoms with Crippen LogP contribution in [-0.4, -0.2) is 70.3 Å². The topological polar surface area (TPSA) is 107 Å². The molecule has 2 aromatic rings. The van der Waals surface area contributed by atoms with Gasteiger partial charge in [-0.15, -0.1) is 0 Å². The van der Waals surface area contributed by atoms with Crippen molar-refractivity contribution in [3.8, 4) is 0 Å². The summed E-state index contributed by atoms with van der Waals surface area (Å²) in [5.74, 6) is -1.62. The number of nitrogens with zero attached hydrogens (tertiary/aromatic N) is 2. The van der Waals surface area contributed by atoms with E-state index < -0.39 is 11.9 Å². The first-order valence-corrected chi connectivity index (χ1v) is 12.2. The Kier molecular flexibility index (Phi) is 8.02. The molecule has 8 heteroatoms. The van der Waals surface area contributed by atoms with Gasteiger partial charge in [0.15, 0.2) is 0 Å². The zero-order chi connectivity index (χ0) is 24.8. The van der Waals surface area contributed by atoms with Gasteiger partial charge in [0, 0.05) is 13.1 Å². The Bertz CT molecular complexity index is 1020. The van der Waals surface area contributed by atoms with Gasteiger partial charge in [-0.1, -0.05) is 54.6 Å². The number of amides is 1. The van der Waals surface area contributed by atoms with Crippen molar-refractivity contribution < 1.29 is 29.3 Å². The highest BCUT2D eigenvalue weighted by Crippen LogP contribution is 2.36. The molecule has 8 nitrogen and oxygen atoms in total. The van der Waals surface area contributed by atoms with Gasteiger partial charge in [0.1, 0.15) is 6.10 Å². The number of carbonyl (C=O) groups excluding carboxylic acids is 1. The van der Waals surface area contributed by atoms with E-state index in [-0.39, 0.29) is 31.1 Å². The van der Waals surface area contributed by atoms with Crippen LogP contribution in [0.3, 0.4) is 0 Å². The quantitative estimate of drug-likeness (QED) is 0.670. The third-order valence-electron chi connectivity index (χ3n) is 7.03. The third-order valence-corrected chi connectivity index (χ3v) is 7.03. The maximum Gasteiger partial charge on any atom is 0.410 e. The Morgan fingerprint density at radius 1 is 0.857 bits per heavy atom. The Morgan fingerprint density at radius 3 is 2.09 bits per heavy atom. The van der Waals surface area contributed by atoms with Crippen LogP contribution in [0.1, 0.15) is 48.4 Å². The van der Waals surface area contributed by atoms with E-state index in [2.05, 4.69) is 41.3 Å². The van der Waals surface area contributed by atoms with Crippen molar-refractivity contribution in [3.05, 3.63) is 71.3 Å². The molecule has 2 atom stereocenters. The van der Waals surface area contributed by atoms with Crippen LogP contribution in [-0.2, 0) is 20.7 Å². The molecule has 0 radical (unpaired) electrons. The summed E-state index contributed by atoms with van der Waals surface area (Å²) < 4.78 is 6.08. The van der Waals surface area contributed by atoms with Crippen molar-refractivity contribution in [2.45, 2.75) is 44.2 Å². The standard InChI is InChI=1S/C23H26N2O2.C4H6O4/c26-23(27-21-16-24-13-10-18(21)11-14-24)25-15-12-17-6-4-5-9-20(17)22(25)19-7-2-1-3-8-19;5-3(6)1-2-4(7)8/h1-9,18,21-22H,10-16H2;1-2H2,(H,5,6)(H,7,8)/t21-,22-;/m1./s1. The van der Waals surface area contributed by atoms with Crippen LogP contribution in [0.25, 0.3) is 0 Å². The molecular formula is C27H32N2O6. The molecule has 35 heavy (non-hydrogen) atoms. The monoisotopic (exact) mass is 480 g/mol. The number of rotatable bonds is 5. The van der Waals surface area contributed by atoms with Gasteiger partial charge in [0.05, 0.1) is 18.9 Å². The zero-order valence-corrected chi connectivity index (χ0v) is 19.7. The lowest BCUT2D eigenvalue weighted by Crippen LogP contribution is -2.53. The van der Waals surface area contributed by atoms with Crippen molar-refractivity contribution >= 4 is 18.0 Å². The number of carbonyl (C=O) groups is 3. The fraction of sp³-hybridized carbons (Fsp3) is 0.444. The second-order valence-corrected chi connectivity index (χ2v) is 9.30. The van der Waals surface area contributed by atoms with Gasteiger partial charge in [0.2, 0.25) is 0 Å². The smallest absolute Gasteiger partial charge is 0.410 e. The highest BCUT2D eigenvalue weighted by Gasteiger charge is 2.39. The van der Waals surface area contributed by atoms with E-state index in [1.165, 1.54) is 11.1 Å². The van der Waals surface area contributed by atoms with E-state index in [0.29, 0.717) is 12.5 Å². The summed E-state index contributed by atoms with van der Waals surface area (Å²) in [4.78, 5) is 36.9. The summed E-state index contributed by atoms with van der Waals surface area (Å²) in [5.41, 5.74) is 3.70. The molecule has 3 saturated heterocycles. The molecule has 0 spiro atoms. The first-order valence-electron chi connectivity index (χ1n) is 12.2. The molecule has 186 valence electrons. The molecule has 2 aromatic carbocycles. The lowest BCUT2D eigenvalue weighted by atomic mass is 9.86. The molecule has 0 aromatic heterocycles. The molecule has 0 unspecified atom stereocenters. The van der Waals surface area contributed by atoms with E-state index in [4.69, 9.17) is 14.9 Å². The van der Waals surface area contributed by atoms with Crippen molar-refractivity contribution in [2.75, 3.05) is 26.2 Å². The van der Waals surface area contributed by atoms with Gasteiger partial charge in [-0.05, 0) is 55.0 Å². The van der Waals surface area contributed by atoms with Crippen molar-refractivity contribution in [1.29, 1.82) is 0 Å². The van der Waals surface area contributed by atoms with Crippen LogP contribution in [0.4, 0.5) is 4.79 Å². The maximum atomic E-state index is 13.2. The summed E-state index contributed by atoms with van der Waals surface area (Å²) >= 11 is 0. The van der Waals surface area contributed by atoms with Gasteiger partial charge < -0.3 is 14.9 Å². The van der Waals surface area contributed by atoms with E-state index in [9.17, 15) is 14.4 Å². The minimum atomic E-state index is -1.08. The second kappa shape index (κ2) is 11.4. The van der Waals surface area contributed by atoms with Gasteiger partial charge in [-0.2, -0.15) is 0 Å². The molecule has 0 aliphatic carbocycles. The van der Waals surface area contributed by atoms with Crippen molar-refractivity contribution in [1.82, 2.24) is 9.80 Å². The van der Waals surface area contributed by atoms with Crippen LogP contribution in [0.2, 0.25) is 0 Å². The molecule has 6 rings (SSSR count). The minimum absolute atomic E-state index is 0.0496. The molecule has 0 saturated carbocycles. The van der Waals surface area contributed by atoms with Gasteiger partial charge in [-0.3, -0.25) is 19.4 Å². The molecule has 2 bridgehead atoms. The van der Waals surface area contributed by atoms with Crippen LogP contribution >= 0.6 is 0 Å². The Labute approximate surface area is 205 Å². The van der Waals surface area contributed by atoms with Gasteiger partial charge >= 0.3 is 18.0 Å². The number of benzene rings is 2. The molecule has 4 aliphatic heterocycles. The van der Waals surface area contributed by atoms with E-state index in [1.54, 1.807) is 0 Å². The highest BCUT2D eigenvalue weighted by molar-refractivity contribution is 5.75. The zero-order valence-electron chi connectivity index (χ0n) is 19.7. The van der Waals surface area contributed by atoms with E-state index in [0.717, 1.165) is 44.5 Å². The molecule has 4 heterocycles. The SMILES string of the molecule is O=C(O)CCC(=O)O.O=C(O[C@@H]1CN2CCC1CC2)N1CCc2ccccc2[C@H]1c1ccccc1. The number of carboxylic acids is 2. The third kappa shape index (κ3) is 6.19. The number of aliphatic carboxylic acids is 2. The molecule has 4 aliphatic rings. The fourth-order valence-corrected chi connectivity index (χ4v) is 5.21. The number of hydrogen-bond donors (Lipinski definition) is 2. The number of ether oxygens (including phenoxy) is 1. The Balaban J connectivity index is 0.000000314. The van der Waals surface area contributed by atoms with E-state index >= 15 is 0 Å². The number of piperidine rings is 3. The minimum Gasteiger partial charge on any atom is -0.481 e. The molecular weight excluding hydrogens is 448 g/mol. The van der Waals surface area contributed by atoms with Crippen molar-refractivity contribution in [2.24, 2.45) is 5.92 Å². The van der Waals surface area contributed by atoms with E-state index in [1.807, 2.05) is 23.1 Å². The lowest BCUT2D eigenvalue weighted by Gasteiger charge is -2.45. The first kappa shape index (κ1) is 24.7. The number of fused-ring (bicyclic) bond motifs is 4. The van der Waals surface area contributed by atoms with Crippen LogP contribution in [0.5, 0.6) is 0 Å². The lowest BCUT2D eigenvalue weighted by molar-refractivity contribution is -0.143. The summed E-state index contributed by atoms with van der Waals surface area (Å²) in [6, 6.07) is 18.8. The summed E-state index contributed by atoms with van der Waals surface area (Å²) in [5, 5.41) is 15.8. The second-order valence-electron chi connectivity index (χ2n) is 9.30. The molecule has 2 N–H and O–H groups in total. The molecule has 3 fully saturated rings. The molecule has 1 amide bonds. The van der Waals surface area contributed by atoms with Gasteiger partial charge in [-0.25, -0.2) is 4.79 Å². The fourth-order valence-electron chi connectivity index (χ4n) is 5.21. The summed E-state index contributed by atoms with van der Waals surface area (Å²) in [6.45, 7) is 3.91. The summed E-state index contributed by atoms with van der Waals surface area (Å²) in [7, 11) is 0. The predicted molar refractivity (Wildman–Crippen MR) is 129 cm³/mol. The predicted octanol–water partition coefficient (Wildman–Crippen LogP) is 3.80. The first-order chi connectivity index (χ1) is 16.9. The van der Waals surface area contributed by atoms with Crippen LogP contribution in [0, 0.1) is 5.92 Å². The van der Waals surface area contributed by atoms with Crippen LogP contribution in [0.15, 0.2) is 54.6 Å².